The van der Waals surface area contributed by atoms with E-state index in [0.29, 0.717) is 12.2 Å². The zero-order valence-electron chi connectivity index (χ0n) is 16.4. The van der Waals surface area contributed by atoms with E-state index in [1.54, 1.807) is 24.4 Å². The van der Waals surface area contributed by atoms with Gasteiger partial charge in [-0.3, -0.25) is 14.6 Å². The molecule has 1 aliphatic rings. The highest BCUT2D eigenvalue weighted by Gasteiger charge is 2.46. The maximum Gasteiger partial charge on any atom is 0.295 e. The van der Waals surface area contributed by atoms with Crippen LogP contribution in [-0.4, -0.2) is 65.9 Å². The van der Waals surface area contributed by atoms with Crippen molar-refractivity contribution in [1.29, 1.82) is 0 Å². The van der Waals surface area contributed by atoms with Crippen molar-refractivity contribution in [2.24, 2.45) is 0 Å². The third-order valence-corrected chi connectivity index (χ3v) is 4.71. The highest BCUT2D eigenvalue weighted by molar-refractivity contribution is 6.46. The topological polar surface area (TPSA) is 83.0 Å². The Balaban J connectivity index is 2.19. The van der Waals surface area contributed by atoms with Crippen molar-refractivity contribution in [3.8, 4) is 5.75 Å². The number of halogens is 1. The first-order valence-corrected chi connectivity index (χ1v) is 9.03. The molecule has 0 aliphatic carbocycles. The number of aromatic nitrogens is 1. The third kappa shape index (κ3) is 3.97. The molecule has 1 atom stereocenters. The van der Waals surface area contributed by atoms with Crippen LogP contribution in [0.3, 0.4) is 0 Å². The van der Waals surface area contributed by atoms with Gasteiger partial charge in [0.05, 0.1) is 23.9 Å². The molecule has 3 rings (SSSR count). The van der Waals surface area contributed by atoms with Crippen LogP contribution in [0.25, 0.3) is 5.76 Å². The standard InChI is InChI=1S/C21H22FN3O4/c1-24(2)10-11-25-18(15-6-4-5-9-23-15)17(20(27)21(25)28)19(26)14-12-13(22)7-8-16(14)29-3/h4-9,12,18,26H,10-11H2,1-3H3/t18-/m0/s1. The quantitative estimate of drug-likeness (QED) is 0.456. The lowest BCUT2D eigenvalue weighted by Crippen LogP contribution is -2.35. The molecule has 8 heteroatoms. The van der Waals surface area contributed by atoms with Crippen LogP contribution in [0, 0.1) is 5.82 Å². The maximum absolute atomic E-state index is 13.8. The number of aliphatic hydroxyl groups is 1. The van der Waals surface area contributed by atoms with E-state index in [9.17, 15) is 19.1 Å². The summed E-state index contributed by atoms with van der Waals surface area (Å²) >= 11 is 0. The fraction of sp³-hybridized carbons (Fsp3) is 0.286. The molecular formula is C21H22FN3O4. The van der Waals surface area contributed by atoms with Crippen molar-refractivity contribution in [1.82, 2.24) is 14.8 Å². The van der Waals surface area contributed by atoms with Gasteiger partial charge in [0.1, 0.15) is 23.4 Å². The van der Waals surface area contributed by atoms with E-state index in [4.69, 9.17) is 4.74 Å². The zero-order chi connectivity index (χ0) is 21.1. The second-order valence-electron chi connectivity index (χ2n) is 6.89. The minimum atomic E-state index is -0.885. The van der Waals surface area contributed by atoms with Gasteiger partial charge in [0.25, 0.3) is 11.7 Å². The summed E-state index contributed by atoms with van der Waals surface area (Å²) in [6.45, 7) is 0.773. The Morgan fingerprint density at radius 3 is 2.66 bits per heavy atom. The molecule has 0 radical (unpaired) electrons. The van der Waals surface area contributed by atoms with Crippen LogP contribution in [0.4, 0.5) is 4.39 Å². The number of nitrogens with zero attached hydrogens (tertiary/aromatic N) is 3. The SMILES string of the molecule is COc1ccc(F)cc1C(O)=C1C(=O)C(=O)N(CCN(C)C)[C@H]1c1ccccn1. The Kier molecular flexibility index (Phi) is 5.93. The number of pyridine rings is 1. The van der Waals surface area contributed by atoms with E-state index in [2.05, 4.69) is 4.98 Å². The fourth-order valence-corrected chi connectivity index (χ4v) is 3.27. The van der Waals surface area contributed by atoms with Gasteiger partial charge in [-0.25, -0.2) is 4.39 Å². The highest BCUT2D eigenvalue weighted by Crippen LogP contribution is 2.40. The van der Waals surface area contributed by atoms with E-state index < -0.39 is 29.3 Å². The number of rotatable bonds is 6. The summed E-state index contributed by atoms with van der Waals surface area (Å²) in [4.78, 5) is 33.1. The normalized spacial score (nSPS) is 18.5. The number of benzene rings is 1. The molecule has 1 aromatic carbocycles. The Morgan fingerprint density at radius 2 is 2.03 bits per heavy atom. The number of likely N-dealkylation sites (tertiary alicyclic amines) is 1. The van der Waals surface area contributed by atoms with Gasteiger partial charge in [0.2, 0.25) is 0 Å². The summed E-state index contributed by atoms with van der Waals surface area (Å²) in [5, 5.41) is 11.0. The maximum atomic E-state index is 13.8. The van der Waals surface area contributed by atoms with Gasteiger partial charge in [0.15, 0.2) is 0 Å². The Hall–Kier alpha value is -3.26. The summed E-state index contributed by atoms with van der Waals surface area (Å²) in [5.74, 6) is -2.50. The van der Waals surface area contributed by atoms with Gasteiger partial charge >= 0.3 is 0 Å². The van der Waals surface area contributed by atoms with Crippen LogP contribution in [0.15, 0.2) is 48.2 Å². The molecule has 0 unspecified atom stereocenters. The summed E-state index contributed by atoms with van der Waals surface area (Å²) < 4.78 is 19.0. The number of methoxy groups -OCH3 is 1. The molecule has 2 heterocycles. The lowest BCUT2D eigenvalue weighted by molar-refractivity contribution is -0.140. The smallest absolute Gasteiger partial charge is 0.295 e. The average Bonchev–Trinajstić information content (AvgIpc) is 2.97. The van der Waals surface area contributed by atoms with Gasteiger partial charge in [-0.05, 0) is 44.4 Å². The largest absolute Gasteiger partial charge is 0.507 e. The lowest BCUT2D eigenvalue weighted by atomic mass is 9.98. The second-order valence-corrected chi connectivity index (χ2v) is 6.89. The molecular weight excluding hydrogens is 377 g/mol. The molecule has 7 nitrogen and oxygen atoms in total. The summed E-state index contributed by atoms with van der Waals surface area (Å²) in [5.41, 5.74) is 0.290. The number of hydrogen-bond acceptors (Lipinski definition) is 6. The van der Waals surface area contributed by atoms with Crippen LogP contribution in [0.2, 0.25) is 0 Å². The van der Waals surface area contributed by atoms with Gasteiger partial charge < -0.3 is 19.6 Å². The van der Waals surface area contributed by atoms with Crippen LogP contribution < -0.4 is 4.74 Å². The van der Waals surface area contributed by atoms with E-state index in [-0.39, 0.29) is 23.4 Å². The average molecular weight is 399 g/mol. The van der Waals surface area contributed by atoms with Crippen molar-refractivity contribution in [2.45, 2.75) is 6.04 Å². The number of amides is 1. The van der Waals surface area contributed by atoms with Crippen molar-refractivity contribution >= 4 is 17.4 Å². The number of ketones is 1. The Bertz CT molecular complexity index is 960. The first kappa shape index (κ1) is 20.5. The molecule has 1 saturated heterocycles. The number of ether oxygens (including phenoxy) is 1. The van der Waals surface area contributed by atoms with Gasteiger partial charge in [-0.2, -0.15) is 0 Å². The predicted octanol–water partition coefficient (Wildman–Crippen LogP) is 2.21. The minimum Gasteiger partial charge on any atom is -0.507 e. The molecule has 1 N–H and O–H groups in total. The summed E-state index contributed by atoms with van der Waals surface area (Å²) in [6.07, 6.45) is 1.55. The predicted molar refractivity (Wildman–Crippen MR) is 105 cm³/mol. The van der Waals surface area contributed by atoms with Crippen LogP contribution in [0.5, 0.6) is 5.75 Å². The summed E-state index contributed by atoms with van der Waals surface area (Å²) in [6, 6.07) is 7.84. The molecule has 2 aromatic rings. The third-order valence-electron chi connectivity index (χ3n) is 4.71. The van der Waals surface area contributed by atoms with Gasteiger partial charge in [-0.15, -0.1) is 0 Å². The highest BCUT2D eigenvalue weighted by atomic mass is 19.1. The van der Waals surface area contributed by atoms with Crippen LogP contribution in [-0.2, 0) is 9.59 Å². The fourth-order valence-electron chi connectivity index (χ4n) is 3.27. The van der Waals surface area contributed by atoms with Crippen LogP contribution >= 0.6 is 0 Å². The second kappa shape index (κ2) is 8.40. The van der Waals surface area contributed by atoms with Crippen molar-refractivity contribution in [3.05, 3.63) is 65.2 Å². The molecule has 0 bridgehead atoms. The van der Waals surface area contributed by atoms with E-state index in [1.165, 1.54) is 24.1 Å². The summed E-state index contributed by atoms with van der Waals surface area (Å²) in [7, 11) is 5.07. The lowest BCUT2D eigenvalue weighted by Gasteiger charge is -2.25. The molecule has 152 valence electrons. The van der Waals surface area contributed by atoms with Gasteiger partial charge in [0, 0.05) is 19.3 Å². The monoisotopic (exact) mass is 399 g/mol. The molecule has 0 saturated carbocycles. The minimum absolute atomic E-state index is 0.000888. The molecule has 29 heavy (non-hydrogen) atoms. The molecule has 1 aliphatic heterocycles. The number of carbonyl (C=O) groups excluding carboxylic acids is 2. The van der Waals surface area contributed by atoms with Crippen molar-refractivity contribution in [2.75, 3.05) is 34.3 Å². The molecule has 1 fully saturated rings. The number of Topliss-reactive ketones (excluding diaryl/α,β-unsaturated/α-hetero) is 1. The number of carbonyl (C=O) groups is 2. The zero-order valence-corrected chi connectivity index (χ0v) is 16.4. The Morgan fingerprint density at radius 1 is 1.28 bits per heavy atom. The molecule has 0 spiro atoms. The van der Waals surface area contributed by atoms with Crippen LogP contribution in [0.1, 0.15) is 17.3 Å². The molecule has 1 amide bonds. The number of hydrogen-bond donors (Lipinski definition) is 1. The first-order chi connectivity index (χ1) is 13.8. The van der Waals surface area contributed by atoms with Crippen molar-refractivity contribution in [3.63, 3.8) is 0 Å². The first-order valence-electron chi connectivity index (χ1n) is 9.03. The number of likely N-dealkylation sites (N-methyl/N-ethyl adjacent to an activating group) is 1. The van der Waals surface area contributed by atoms with E-state index >= 15 is 0 Å². The molecule has 1 aromatic heterocycles. The Labute approximate surface area is 168 Å². The van der Waals surface area contributed by atoms with Crippen molar-refractivity contribution < 1.29 is 23.8 Å². The van der Waals surface area contributed by atoms with E-state index in [1.807, 2.05) is 19.0 Å². The van der Waals surface area contributed by atoms with E-state index in [0.717, 1.165) is 6.07 Å². The van der Waals surface area contributed by atoms with Gasteiger partial charge in [-0.1, -0.05) is 6.07 Å². The number of aliphatic hydroxyl groups excluding tert-OH is 1.